The first-order chi connectivity index (χ1) is 11.4. The van der Waals surface area contributed by atoms with Gasteiger partial charge in [-0.25, -0.2) is 4.79 Å². The first-order valence-electron chi connectivity index (χ1n) is 7.38. The zero-order chi connectivity index (χ0) is 17.7. The van der Waals surface area contributed by atoms with Crippen LogP contribution in [-0.2, 0) is 0 Å². The number of nitrogens with one attached hydrogen (secondary N) is 2. The lowest BCUT2D eigenvalue weighted by Gasteiger charge is -2.16. The number of pyridine rings is 1. The summed E-state index contributed by atoms with van der Waals surface area (Å²) in [5.41, 5.74) is 1.57. The molecule has 24 heavy (non-hydrogen) atoms. The van der Waals surface area contributed by atoms with Crippen LogP contribution in [-0.4, -0.2) is 35.9 Å². The number of carbonyl (C=O) groups excluding carboxylic acids is 2. The van der Waals surface area contributed by atoms with Gasteiger partial charge in [0.25, 0.3) is 5.91 Å². The maximum atomic E-state index is 12.1. The summed E-state index contributed by atoms with van der Waals surface area (Å²) in [6.07, 6.45) is 1.48. The number of amides is 3. The Labute approximate surface area is 145 Å². The fraction of sp³-hybridized carbons (Fsp3) is 0.235. The molecular weight excluding hydrogens is 328 g/mol. The molecule has 0 aliphatic carbocycles. The van der Waals surface area contributed by atoms with E-state index in [2.05, 4.69) is 15.6 Å². The van der Waals surface area contributed by atoms with Gasteiger partial charge in [-0.15, -0.1) is 0 Å². The molecule has 1 aromatic carbocycles. The lowest BCUT2D eigenvalue weighted by atomic mass is 10.1. The van der Waals surface area contributed by atoms with Gasteiger partial charge in [0, 0.05) is 31.0 Å². The molecule has 0 bridgehead atoms. The molecule has 0 aliphatic heterocycles. The summed E-state index contributed by atoms with van der Waals surface area (Å²) in [5.74, 6) is -0.233. The average molecular weight is 347 g/mol. The Morgan fingerprint density at radius 3 is 2.58 bits per heavy atom. The molecule has 1 atom stereocenters. The fourth-order valence-corrected chi connectivity index (χ4v) is 2.42. The Morgan fingerprint density at radius 1 is 1.21 bits per heavy atom. The van der Waals surface area contributed by atoms with E-state index < -0.39 is 6.03 Å². The molecule has 0 saturated heterocycles. The Hall–Kier alpha value is -2.60. The van der Waals surface area contributed by atoms with Crippen molar-refractivity contribution in [1.29, 1.82) is 0 Å². The van der Waals surface area contributed by atoms with E-state index in [4.69, 9.17) is 11.6 Å². The van der Waals surface area contributed by atoms with Gasteiger partial charge in [-0.1, -0.05) is 29.8 Å². The van der Waals surface area contributed by atoms with Crippen molar-refractivity contribution < 1.29 is 9.59 Å². The van der Waals surface area contributed by atoms with Gasteiger partial charge in [-0.2, -0.15) is 0 Å². The first-order valence-corrected chi connectivity index (χ1v) is 7.76. The van der Waals surface area contributed by atoms with Crippen LogP contribution in [0, 0.1) is 0 Å². The van der Waals surface area contributed by atoms with Crippen molar-refractivity contribution in [3.8, 4) is 0 Å². The molecule has 7 heteroatoms. The van der Waals surface area contributed by atoms with Gasteiger partial charge in [-0.3, -0.25) is 9.78 Å². The largest absolute Gasteiger partial charge is 0.343 e. The normalized spacial score (nSPS) is 11.5. The first kappa shape index (κ1) is 17.7. The minimum Gasteiger partial charge on any atom is -0.343 e. The van der Waals surface area contributed by atoms with Crippen LogP contribution in [0.3, 0.4) is 0 Å². The zero-order valence-electron chi connectivity index (χ0n) is 13.7. The Balaban J connectivity index is 2.04. The maximum absolute atomic E-state index is 12.1. The smallest absolute Gasteiger partial charge is 0.319 e. The average Bonchev–Trinajstić information content (AvgIpc) is 2.54. The van der Waals surface area contributed by atoms with Crippen molar-refractivity contribution in [3.05, 3.63) is 58.9 Å². The van der Waals surface area contributed by atoms with E-state index in [1.54, 1.807) is 26.2 Å². The maximum Gasteiger partial charge on any atom is 0.319 e. The molecule has 0 spiro atoms. The van der Waals surface area contributed by atoms with Crippen LogP contribution in [0.5, 0.6) is 0 Å². The molecule has 0 saturated carbocycles. The summed E-state index contributed by atoms with van der Waals surface area (Å²) in [6.45, 7) is 1.84. The van der Waals surface area contributed by atoms with E-state index in [-0.39, 0.29) is 17.6 Å². The molecule has 0 fully saturated rings. The molecule has 2 rings (SSSR count). The predicted molar refractivity (Wildman–Crippen MR) is 94.3 cm³/mol. The van der Waals surface area contributed by atoms with E-state index in [1.165, 1.54) is 17.2 Å². The molecule has 126 valence electrons. The summed E-state index contributed by atoms with van der Waals surface area (Å²) in [4.78, 5) is 29.5. The molecule has 1 heterocycles. The SMILES string of the molecule is CC(NC(=O)Nc1ccnc(C(=O)N(C)C)c1)c1ccccc1Cl. The number of halogens is 1. The molecular formula is C17H19ClN4O2. The number of aromatic nitrogens is 1. The Morgan fingerprint density at radius 2 is 1.92 bits per heavy atom. The van der Waals surface area contributed by atoms with Gasteiger partial charge >= 0.3 is 6.03 Å². The van der Waals surface area contributed by atoms with Crippen LogP contribution < -0.4 is 10.6 Å². The lowest BCUT2D eigenvalue weighted by Crippen LogP contribution is -2.31. The number of anilines is 1. The second kappa shape index (κ2) is 7.79. The van der Waals surface area contributed by atoms with Crippen molar-refractivity contribution in [2.75, 3.05) is 19.4 Å². The van der Waals surface area contributed by atoms with Gasteiger partial charge in [-0.05, 0) is 30.7 Å². The van der Waals surface area contributed by atoms with Gasteiger partial charge in [0.15, 0.2) is 0 Å². The monoisotopic (exact) mass is 346 g/mol. The van der Waals surface area contributed by atoms with Crippen LogP contribution in [0.4, 0.5) is 10.5 Å². The number of rotatable bonds is 4. The third-order valence-electron chi connectivity index (χ3n) is 3.36. The van der Waals surface area contributed by atoms with Gasteiger partial charge in [0.1, 0.15) is 5.69 Å². The van der Waals surface area contributed by atoms with Crippen molar-refractivity contribution in [2.24, 2.45) is 0 Å². The standard InChI is InChI=1S/C17H19ClN4O2/c1-11(13-6-4-5-7-14(13)18)20-17(24)21-12-8-9-19-15(10-12)16(23)22(2)3/h4-11H,1-3H3,(H2,19,20,21,24). The Kier molecular flexibility index (Phi) is 5.76. The van der Waals surface area contributed by atoms with E-state index in [1.807, 2.05) is 25.1 Å². The minimum atomic E-state index is -0.392. The van der Waals surface area contributed by atoms with Crippen molar-refractivity contribution in [1.82, 2.24) is 15.2 Å². The number of hydrogen-bond acceptors (Lipinski definition) is 3. The molecule has 2 N–H and O–H groups in total. The molecule has 6 nitrogen and oxygen atoms in total. The highest BCUT2D eigenvalue weighted by Gasteiger charge is 2.14. The third-order valence-corrected chi connectivity index (χ3v) is 3.71. The second-order valence-corrected chi connectivity index (χ2v) is 5.88. The third kappa shape index (κ3) is 4.45. The fourth-order valence-electron chi connectivity index (χ4n) is 2.12. The second-order valence-electron chi connectivity index (χ2n) is 5.47. The highest BCUT2D eigenvalue weighted by molar-refractivity contribution is 6.31. The summed E-state index contributed by atoms with van der Waals surface area (Å²) in [7, 11) is 3.28. The summed E-state index contributed by atoms with van der Waals surface area (Å²) in [5, 5.41) is 6.09. The minimum absolute atomic E-state index is 0.233. The number of urea groups is 1. The van der Waals surface area contributed by atoms with Crippen LogP contribution in [0.1, 0.15) is 29.0 Å². The molecule has 0 aliphatic rings. The Bertz CT molecular complexity index is 749. The van der Waals surface area contributed by atoms with E-state index in [0.717, 1.165) is 5.56 Å². The molecule has 1 aromatic heterocycles. The lowest BCUT2D eigenvalue weighted by molar-refractivity contribution is 0.0822. The van der Waals surface area contributed by atoms with E-state index in [9.17, 15) is 9.59 Å². The molecule has 2 aromatic rings. The van der Waals surface area contributed by atoms with Gasteiger partial charge in [0.05, 0.1) is 6.04 Å². The van der Waals surface area contributed by atoms with Crippen molar-refractivity contribution in [2.45, 2.75) is 13.0 Å². The van der Waals surface area contributed by atoms with E-state index >= 15 is 0 Å². The number of hydrogen-bond donors (Lipinski definition) is 2. The summed E-state index contributed by atoms with van der Waals surface area (Å²) < 4.78 is 0. The van der Waals surface area contributed by atoms with Crippen LogP contribution >= 0.6 is 11.6 Å². The predicted octanol–water partition coefficient (Wildman–Crippen LogP) is 3.32. The number of nitrogens with zero attached hydrogens (tertiary/aromatic N) is 2. The highest BCUT2D eigenvalue weighted by Crippen LogP contribution is 2.22. The van der Waals surface area contributed by atoms with Gasteiger partial charge in [0.2, 0.25) is 0 Å². The zero-order valence-corrected chi connectivity index (χ0v) is 14.5. The van der Waals surface area contributed by atoms with E-state index in [0.29, 0.717) is 10.7 Å². The highest BCUT2D eigenvalue weighted by atomic mass is 35.5. The van der Waals surface area contributed by atoms with Crippen LogP contribution in [0.15, 0.2) is 42.6 Å². The number of benzene rings is 1. The summed E-state index contributed by atoms with van der Waals surface area (Å²) >= 11 is 6.13. The molecule has 0 radical (unpaired) electrons. The molecule has 1 unspecified atom stereocenters. The molecule has 3 amide bonds. The van der Waals surface area contributed by atoms with Crippen LogP contribution in [0.2, 0.25) is 5.02 Å². The van der Waals surface area contributed by atoms with Crippen molar-refractivity contribution >= 4 is 29.2 Å². The number of carbonyl (C=O) groups is 2. The van der Waals surface area contributed by atoms with Crippen LogP contribution in [0.25, 0.3) is 0 Å². The van der Waals surface area contributed by atoms with Gasteiger partial charge < -0.3 is 15.5 Å². The summed E-state index contributed by atoms with van der Waals surface area (Å²) in [6, 6.07) is 9.81. The topological polar surface area (TPSA) is 74.3 Å². The quantitative estimate of drug-likeness (QED) is 0.891. The van der Waals surface area contributed by atoms with Crippen molar-refractivity contribution in [3.63, 3.8) is 0 Å².